The van der Waals surface area contributed by atoms with Gasteiger partial charge in [-0.25, -0.2) is 4.18 Å². The molecule has 9 N–H and O–H groups in total. The smallest absolute Gasteiger partial charge is 0.397 e. The summed E-state index contributed by atoms with van der Waals surface area (Å²) in [5, 5.41) is 0.867. The highest BCUT2D eigenvalue weighted by molar-refractivity contribution is 7.99. The number of benzene rings is 3. The van der Waals surface area contributed by atoms with E-state index in [2.05, 4.69) is 4.18 Å². The molecule has 0 radical (unpaired) electrons. The molecule has 0 fully saturated rings. The summed E-state index contributed by atoms with van der Waals surface area (Å²) in [6, 6.07) is 11.4. The largest absolute Gasteiger partial charge is 0.398 e. The average Bonchev–Trinajstić information content (AvgIpc) is 2.73. The van der Waals surface area contributed by atoms with Gasteiger partial charge in [-0.3, -0.25) is 13.7 Å². The lowest BCUT2D eigenvalue weighted by molar-refractivity contribution is 0.285. The molecule has 3 rings (SSSR count). The fraction of sp³-hybridized carbons (Fsp3) is 0.111. The molecule has 192 valence electrons. The zero-order valence-corrected chi connectivity index (χ0v) is 20.9. The Morgan fingerprint density at radius 1 is 0.743 bits per heavy atom. The molecule has 0 aromatic heterocycles. The predicted octanol–water partition coefficient (Wildman–Crippen LogP) is 1.68. The Kier molecular flexibility index (Phi) is 8.95. The van der Waals surface area contributed by atoms with Crippen molar-refractivity contribution in [2.24, 2.45) is 0 Å². The summed E-state index contributed by atoms with van der Waals surface area (Å²) in [4.78, 5) is -0.148. The Bertz CT molecular complexity index is 1560. The van der Waals surface area contributed by atoms with Gasteiger partial charge >= 0.3 is 10.4 Å². The number of hydrogen-bond acceptors (Lipinski definition) is 11. The van der Waals surface area contributed by atoms with Gasteiger partial charge in [0.2, 0.25) is 0 Å². The van der Waals surface area contributed by atoms with Crippen molar-refractivity contribution in [2.75, 3.05) is 29.6 Å². The van der Waals surface area contributed by atoms with E-state index in [1.165, 1.54) is 36.4 Å². The first-order valence-electron chi connectivity index (χ1n) is 9.16. The van der Waals surface area contributed by atoms with Crippen LogP contribution in [0.1, 0.15) is 0 Å². The third-order valence-corrected chi connectivity index (χ3v) is 7.47. The molecule has 35 heavy (non-hydrogen) atoms. The minimum atomic E-state index is -4.49. The topological polar surface area (TPSA) is 250 Å². The molecule has 0 aliphatic rings. The van der Waals surface area contributed by atoms with E-state index in [1.807, 2.05) is 0 Å². The van der Waals surface area contributed by atoms with E-state index >= 15 is 0 Å². The van der Waals surface area contributed by atoms with Gasteiger partial charge < -0.3 is 17.2 Å². The van der Waals surface area contributed by atoms with Crippen LogP contribution in [0.3, 0.4) is 0 Å². The van der Waals surface area contributed by atoms with E-state index < -0.39 is 35.5 Å². The van der Waals surface area contributed by atoms with E-state index in [0.717, 1.165) is 17.8 Å². The molecule has 0 saturated carbocycles. The highest BCUT2D eigenvalue weighted by atomic mass is 32.3. The highest BCUT2D eigenvalue weighted by Gasteiger charge is 2.16. The van der Waals surface area contributed by atoms with Crippen LogP contribution >= 0.6 is 11.8 Å². The molecule has 0 spiro atoms. The highest BCUT2D eigenvalue weighted by Crippen LogP contribution is 2.30. The van der Waals surface area contributed by atoms with Crippen LogP contribution < -0.4 is 17.2 Å². The van der Waals surface area contributed by atoms with Crippen molar-refractivity contribution < 1.29 is 43.1 Å². The van der Waals surface area contributed by atoms with Crippen molar-refractivity contribution in [3.05, 3.63) is 48.5 Å². The van der Waals surface area contributed by atoms with Crippen molar-refractivity contribution in [2.45, 2.75) is 14.7 Å². The summed E-state index contributed by atoms with van der Waals surface area (Å²) in [5.74, 6) is 0.147. The van der Waals surface area contributed by atoms with Gasteiger partial charge in [0.15, 0.2) is 0 Å². The maximum atomic E-state index is 11.1. The summed E-state index contributed by atoms with van der Waals surface area (Å²) in [6.07, 6.45) is 0. The third-order valence-electron chi connectivity index (χ3n) is 4.22. The SMILES string of the molecule is Nc1ccc(SCCOS(=O)(=O)O)cc1S(=O)(=O)O.Nc1ccc2c(S(=O)(=O)O)cccc2c1N. The summed E-state index contributed by atoms with van der Waals surface area (Å²) in [6.45, 7) is -0.283. The van der Waals surface area contributed by atoms with Crippen LogP contribution in [-0.2, 0) is 34.8 Å². The molecular formula is C18H21N3O10S4. The van der Waals surface area contributed by atoms with Gasteiger partial charge in [-0.05, 0) is 30.3 Å². The lowest BCUT2D eigenvalue weighted by atomic mass is 10.1. The second kappa shape index (κ2) is 11.0. The first-order chi connectivity index (χ1) is 16.0. The van der Waals surface area contributed by atoms with Crippen LogP contribution in [-0.4, -0.2) is 51.3 Å². The molecule has 3 aromatic rings. The number of hydrogen-bond donors (Lipinski definition) is 6. The van der Waals surface area contributed by atoms with E-state index in [-0.39, 0.29) is 22.9 Å². The van der Waals surface area contributed by atoms with Gasteiger partial charge in [-0.15, -0.1) is 11.8 Å². The van der Waals surface area contributed by atoms with Gasteiger partial charge in [0.25, 0.3) is 20.2 Å². The number of rotatable bonds is 7. The molecule has 0 aliphatic heterocycles. The molecule has 0 amide bonds. The van der Waals surface area contributed by atoms with Gasteiger partial charge in [0, 0.05) is 21.4 Å². The fourth-order valence-electron chi connectivity index (χ4n) is 2.72. The standard InChI is InChI=1S/C10H10N2O3S.C8H11NO7S3/c11-8-5-4-6-7(10(8)12)2-1-3-9(6)16(13,14)15;9-7-2-1-6(5-8(7)18(10,11)12)17-4-3-16-19(13,14)15/h1-5H,11-12H2,(H,13,14,15);1-2,5H,3-4,9H2,(H,10,11,12)(H,13,14,15). The van der Waals surface area contributed by atoms with Crippen LogP contribution in [0.15, 0.2) is 63.2 Å². The number of nitrogens with two attached hydrogens (primary N) is 3. The summed E-state index contributed by atoms with van der Waals surface area (Å²) in [7, 11) is -13.2. The predicted molar refractivity (Wildman–Crippen MR) is 131 cm³/mol. The van der Waals surface area contributed by atoms with Crippen molar-refractivity contribution in [1.82, 2.24) is 0 Å². The zero-order chi connectivity index (χ0) is 26.6. The Hall–Kier alpha value is -2.64. The quantitative estimate of drug-likeness (QED) is 0.103. The Labute approximate surface area is 205 Å². The zero-order valence-electron chi connectivity index (χ0n) is 17.6. The number of thioether (sulfide) groups is 1. The van der Waals surface area contributed by atoms with Crippen molar-refractivity contribution >= 4 is 70.2 Å². The lowest BCUT2D eigenvalue weighted by Gasteiger charge is -2.07. The second-order valence-corrected chi connectivity index (χ2v) is 11.7. The average molecular weight is 568 g/mol. The molecule has 0 saturated heterocycles. The van der Waals surface area contributed by atoms with E-state index in [0.29, 0.717) is 27.0 Å². The summed E-state index contributed by atoms with van der Waals surface area (Å²) in [5.41, 5.74) is 17.3. The van der Waals surface area contributed by atoms with Gasteiger partial charge in [-0.1, -0.05) is 18.2 Å². The summed E-state index contributed by atoms with van der Waals surface area (Å²) < 4.78 is 95.1. The monoisotopic (exact) mass is 567 g/mol. The van der Waals surface area contributed by atoms with Crippen LogP contribution in [0.2, 0.25) is 0 Å². The summed E-state index contributed by atoms with van der Waals surface area (Å²) >= 11 is 1.07. The molecule has 3 aromatic carbocycles. The van der Waals surface area contributed by atoms with Crippen molar-refractivity contribution in [3.63, 3.8) is 0 Å². The second-order valence-electron chi connectivity index (χ2n) is 6.67. The van der Waals surface area contributed by atoms with Crippen molar-refractivity contribution in [1.29, 1.82) is 0 Å². The van der Waals surface area contributed by atoms with Gasteiger partial charge in [-0.2, -0.15) is 25.3 Å². The number of nitrogen functional groups attached to an aromatic ring is 3. The normalized spacial score (nSPS) is 12.2. The number of anilines is 3. The molecule has 13 nitrogen and oxygen atoms in total. The fourth-order valence-corrected chi connectivity index (χ4v) is 5.31. The van der Waals surface area contributed by atoms with Crippen LogP contribution in [0.4, 0.5) is 17.1 Å². The minimum absolute atomic E-state index is 0.0963. The minimum Gasteiger partial charge on any atom is -0.398 e. The van der Waals surface area contributed by atoms with Crippen LogP contribution in [0.25, 0.3) is 10.8 Å². The van der Waals surface area contributed by atoms with Gasteiger partial charge in [0.1, 0.15) is 9.79 Å². The third kappa shape index (κ3) is 8.22. The maximum absolute atomic E-state index is 11.1. The number of fused-ring (bicyclic) bond motifs is 1. The molecule has 17 heteroatoms. The molecule has 0 heterocycles. The van der Waals surface area contributed by atoms with Crippen molar-refractivity contribution in [3.8, 4) is 0 Å². The van der Waals surface area contributed by atoms with E-state index in [4.69, 9.17) is 30.9 Å². The van der Waals surface area contributed by atoms with Crippen LogP contribution in [0, 0.1) is 0 Å². The molecule has 0 aliphatic carbocycles. The maximum Gasteiger partial charge on any atom is 0.397 e. The molecule has 0 atom stereocenters. The molecule has 0 bridgehead atoms. The van der Waals surface area contributed by atoms with Crippen LogP contribution in [0.5, 0.6) is 0 Å². The Morgan fingerprint density at radius 2 is 1.34 bits per heavy atom. The molecular weight excluding hydrogens is 546 g/mol. The first kappa shape index (κ1) is 28.6. The molecule has 0 unspecified atom stereocenters. The van der Waals surface area contributed by atoms with Gasteiger partial charge in [0.05, 0.1) is 23.7 Å². The Balaban J connectivity index is 0.000000250. The van der Waals surface area contributed by atoms with E-state index in [1.54, 1.807) is 6.07 Å². The Morgan fingerprint density at radius 3 is 1.91 bits per heavy atom. The first-order valence-corrected chi connectivity index (χ1v) is 14.4. The van der Waals surface area contributed by atoms with E-state index in [9.17, 15) is 25.3 Å². The lowest BCUT2D eigenvalue weighted by Crippen LogP contribution is -2.06.